The van der Waals surface area contributed by atoms with Crippen LogP contribution in [-0.2, 0) is 6.54 Å². The normalized spacial score (nSPS) is 11.5. The molecule has 0 aromatic carbocycles. The van der Waals surface area contributed by atoms with Gasteiger partial charge in [-0.3, -0.25) is 0 Å². The zero-order chi connectivity index (χ0) is 15.0. The maximum atomic E-state index is 5.53. The van der Waals surface area contributed by atoms with Crippen molar-refractivity contribution in [2.45, 2.75) is 40.2 Å². The lowest BCUT2D eigenvalue weighted by Gasteiger charge is -2.21. The second-order valence-corrected chi connectivity index (χ2v) is 4.96. The molecule has 1 aromatic heterocycles. The first-order valence-electron chi connectivity index (χ1n) is 7.24. The first kappa shape index (κ1) is 16.3. The average Bonchev–Trinajstić information content (AvgIpc) is 2.73. The highest BCUT2D eigenvalue weighted by molar-refractivity contribution is 5.79. The molecular formula is C16H27N3O. The van der Waals surface area contributed by atoms with Gasteiger partial charge in [-0.25, -0.2) is 4.99 Å². The molecule has 0 spiro atoms. The van der Waals surface area contributed by atoms with Gasteiger partial charge in [0.05, 0.1) is 6.54 Å². The summed E-state index contributed by atoms with van der Waals surface area (Å²) in [5, 5.41) is 3.33. The molecule has 1 N–H and O–H groups in total. The number of aliphatic imine (C=N–C) groups is 1. The van der Waals surface area contributed by atoms with E-state index in [1.54, 1.807) is 0 Å². The summed E-state index contributed by atoms with van der Waals surface area (Å²) in [5.74, 6) is 2.84. The smallest absolute Gasteiger partial charge is 0.193 e. The number of allylic oxidation sites excluding steroid dienone is 1. The van der Waals surface area contributed by atoms with E-state index in [0.717, 1.165) is 49.0 Å². The van der Waals surface area contributed by atoms with Gasteiger partial charge < -0.3 is 14.6 Å². The van der Waals surface area contributed by atoms with Crippen molar-refractivity contribution in [3.63, 3.8) is 0 Å². The van der Waals surface area contributed by atoms with Crippen molar-refractivity contribution in [2.24, 2.45) is 4.99 Å². The van der Waals surface area contributed by atoms with Crippen LogP contribution in [0.1, 0.15) is 36.8 Å². The lowest BCUT2D eigenvalue weighted by molar-refractivity contribution is 0.469. The van der Waals surface area contributed by atoms with Gasteiger partial charge in [-0.15, -0.1) is 6.58 Å². The van der Waals surface area contributed by atoms with E-state index in [-0.39, 0.29) is 0 Å². The number of unbranched alkanes of at least 4 members (excludes halogenated alkanes) is 1. The van der Waals surface area contributed by atoms with Gasteiger partial charge >= 0.3 is 0 Å². The Kier molecular flexibility index (Phi) is 6.91. The molecule has 0 radical (unpaired) electrons. The highest BCUT2D eigenvalue weighted by Gasteiger charge is 2.07. The van der Waals surface area contributed by atoms with Crippen LogP contribution in [0, 0.1) is 13.8 Å². The molecule has 1 aromatic rings. The number of guanidine groups is 1. The van der Waals surface area contributed by atoms with Gasteiger partial charge in [-0.1, -0.05) is 6.08 Å². The fraction of sp³-hybridized carbons (Fsp3) is 0.562. The second-order valence-electron chi connectivity index (χ2n) is 4.96. The Morgan fingerprint density at radius 3 is 2.80 bits per heavy atom. The van der Waals surface area contributed by atoms with Gasteiger partial charge in [0.25, 0.3) is 0 Å². The van der Waals surface area contributed by atoms with E-state index >= 15 is 0 Å². The average molecular weight is 277 g/mol. The zero-order valence-electron chi connectivity index (χ0n) is 13.2. The molecule has 0 aliphatic heterocycles. The molecule has 0 unspecified atom stereocenters. The van der Waals surface area contributed by atoms with E-state index in [1.807, 2.05) is 19.9 Å². The van der Waals surface area contributed by atoms with Gasteiger partial charge in [0.1, 0.15) is 11.5 Å². The summed E-state index contributed by atoms with van der Waals surface area (Å²) in [6, 6.07) is 2.06. The summed E-state index contributed by atoms with van der Waals surface area (Å²) < 4.78 is 5.53. The Labute approximate surface area is 122 Å². The lowest BCUT2D eigenvalue weighted by Crippen LogP contribution is -2.39. The summed E-state index contributed by atoms with van der Waals surface area (Å²) in [7, 11) is 2.07. The Balaban J connectivity index is 2.66. The van der Waals surface area contributed by atoms with Crippen molar-refractivity contribution < 1.29 is 4.42 Å². The minimum absolute atomic E-state index is 0.650. The molecule has 1 heterocycles. The highest BCUT2D eigenvalue weighted by Crippen LogP contribution is 2.14. The summed E-state index contributed by atoms with van der Waals surface area (Å²) in [4.78, 5) is 6.84. The Morgan fingerprint density at radius 2 is 2.25 bits per heavy atom. The number of aryl methyl sites for hydroxylation is 2. The fourth-order valence-corrected chi connectivity index (χ4v) is 2.05. The van der Waals surface area contributed by atoms with Crippen LogP contribution in [0.3, 0.4) is 0 Å². The molecule has 0 atom stereocenters. The predicted molar refractivity (Wildman–Crippen MR) is 85.1 cm³/mol. The van der Waals surface area contributed by atoms with Crippen molar-refractivity contribution in [1.82, 2.24) is 10.2 Å². The largest absolute Gasteiger partial charge is 0.466 e. The monoisotopic (exact) mass is 277 g/mol. The Bertz CT molecular complexity index is 449. The zero-order valence-corrected chi connectivity index (χ0v) is 13.2. The first-order chi connectivity index (χ1) is 9.58. The van der Waals surface area contributed by atoms with Gasteiger partial charge in [-0.2, -0.15) is 0 Å². The summed E-state index contributed by atoms with van der Waals surface area (Å²) in [6.07, 6.45) is 4.08. The second kappa shape index (κ2) is 8.46. The van der Waals surface area contributed by atoms with Crippen LogP contribution in [0.5, 0.6) is 0 Å². The van der Waals surface area contributed by atoms with Crippen molar-refractivity contribution in [3.8, 4) is 0 Å². The molecule has 20 heavy (non-hydrogen) atoms. The minimum Gasteiger partial charge on any atom is -0.466 e. The fourth-order valence-electron chi connectivity index (χ4n) is 2.05. The standard InChI is InChI=1S/C16H27N3O/c1-6-8-9-10-19(5)16(17-7-2)18-12-15-11-13(3)20-14(15)4/h6,11H,1,7-10,12H2,2-5H3,(H,17,18). The number of nitrogens with one attached hydrogen (secondary N) is 1. The van der Waals surface area contributed by atoms with Gasteiger partial charge in [0, 0.05) is 25.7 Å². The number of nitrogens with zero attached hydrogens (tertiary/aromatic N) is 2. The number of rotatable bonds is 7. The van der Waals surface area contributed by atoms with Crippen LogP contribution >= 0.6 is 0 Å². The molecule has 0 saturated carbocycles. The van der Waals surface area contributed by atoms with E-state index in [9.17, 15) is 0 Å². The SMILES string of the molecule is C=CCCCN(C)C(=NCc1cc(C)oc1C)NCC. The molecule has 0 amide bonds. The predicted octanol–water partition coefficient (Wildman–Crippen LogP) is 3.26. The van der Waals surface area contributed by atoms with Crippen LogP contribution in [0.25, 0.3) is 0 Å². The molecule has 4 heteroatoms. The van der Waals surface area contributed by atoms with E-state index in [1.165, 1.54) is 0 Å². The first-order valence-corrected chi connectivity index (χ1v) is 7.24. The molecule has 0 saturated heterocycles. The molecular weight excluding hydrogens is 250 g/mol. The van der Waals surface area contributed by atoms with E-state index in [2.05, 4.69) is 41.8 Å². The number of hydrogen-bond donors (Lipinski definition) is 1. The molecule has 0 aliphatic carbocycles. The molecule has 4 nitrogen and oxygen atoms in total. The molecule has 0 bridgehead atoms. The Hall–Kier alpha value is -1.71. The van der Waals surface area contributed by atoms with Crippen LogP contribution in [0.15, 0.2) is 28.1 Å². The summed E-state index contributed by atoms with van der Waals surface area (Å²) >= 11 is 0. The maximum Gasteiger partial charge on any atom is 0.193 e. The van der Waals surface area contributed by atoms with Crippen LogP contribution in [0.2, 0.25) is 0 Å². The van der Waals surface area contributed by atoms with Crippen molar-refractivity contribution in [1.29, 1.82) is 0 Å². The quantitative estimate of drug-likeness (QED) is 0.360. The molecule has 112 valence electrons. The molecule has 0 fully saturated rings. The number of hydrogen-bond acceptors (Lipinski definition) is 2. The Morgan fingerprint density at radius 1 is 1.50 bits per heavy atom. The molecule has 1 rings (SSSR count). The van der Waals surface area contributed by atoms with E-state index in [4.69, 9.17) is 4.42 Å². The summed E-state index contributed by atoms with van der Waals surface area (Å²) in [6.45, 7) is 12.3. The third-order valence-electron chi connectivity index (χ3n) is 3.14. The maximum absolute atomic E-state index is 5.53. The van der Waals surface area contributed by atoms with Gasteiger partial charge in [0.2, 0.25) is 0 Å². The molecule has 0 aliphatic rings. The third kappa shape index (κ3) is 5.11. The van der Waals surface area contributed by atoms with Crippen molar-refractivity contribution in [3.05, 3.63) is 35.8 Å². The third-order valence-corrected chi connectivity index (χ3v) is 3.14. The number of furan rings is 1. The topological polar surface area (TPSA) is 40.8 Å². The van der Waals surface area contributed by atoms with Crippen LogP contribution in [-0.4, -0.2) is 31.0 Å². The van der Waals surface area contributed by atoms with E-state index in [0.29, 0.717) is 6.54 Å². The lowest BCUT2D eigenvalue weighted by atomic mass is 10.2. The van der Waals surface area contributed by atoms with Crippen molar-refractivity contribution >= 4 is 5.96 Å². The van der Waals surface area contributed by atoms with Gasteiger partial charge in [0.15, 0.2) is 5.96 Å². The highest BCUT2D eigenvalue weighted by atomic mass is 16.3. The summed E-state index contributed by atoms with van der Waals surface area (Å²) in [5.41, 5.74) is 1.15. The minimum atomic E-state index is 0.650. The van der Waals surface area contributed by atoms with Crippen molar-refractivity contribution in [2.75, 3.05) is 20.1 Å². The van der Waals surface area contributed by atoms with Crippen LogP contribution < -0.4 is 5.32 Å². The van der Waals surface area contributed by atoms with E-state index < -0.39 is 0 Å². The van der Waals surface area contributed by atoms with Crippen LogP contribution in [0.4, 0.5) is 0 Å². The van der Waals surface area contributed by atoms with Gasteiger partial charge in [-0.05, 0) is 39.7 Å².